The Kier molecular flexibility index (Phi) is 2.69. The molecular formula is C13H15NO2. The maximum absolute atomic E-state index is 11.4. The third-order valence-corrected chi connectivity index (χ3v) is 2.93. The van der Waals surface area contributed by atoms with E-state index >= 15 is 0 Å². The molecule has 1 aromatic carbocycles. The predicted molar refractivity (Wildman–Crippen MR) is 63.1 cm³/mol. The molecule has 0 unspecified atom stereocenters. The van der Waals surface area contributed by atoms with Crippen molar-refractivity contribution in [2.45, 2.75) is 13.3 Å². The Balaban J connectivity index is 2.39. The molecule has 0 saturated heterocycles. The fourth-order valence-electron chi connectivity index (χ4n) is 2.05. The minimum absolute atomic E-state index is 0.0477. The number of fused-ring (bicyclic) bond motifs is 1. The zero-order valence-corrected chi connectivity index (χ0v) is 9.62. The molecule has 0 atom stereocenters. The first-order valence-corrected chi connectivity index (χ1v) is 5.28. The summed E-state index contributed by atoms with van der Waals surface area (Å²) in [5.74, 6) is 0.897. The maximum atomic E-state index is 11.4. The van der Waals surface area contributed by atoms with Crippen LogP contribution in [-0.2, 0) is 11.2 Å². The number of hydrogen-bond acceptors (Lipinski definition) is 2. The lowest BCUT2D eigenvalue weighted by Crippen LogP contribution is -2.32. The molecule has 0 aromatic heterocycles. The van der Waals surface area contributed by atoms with Crippen LogP contribution in [0.4, 0.5) is 0 Å². The summed E-state index contributed by atoms with van der Waals surface area (Å²) >= 11 is 0. The van der Waals surface area contributed by atoms with Crippen molar-refractivity contribution < 1.29 is 9.53 Å². The van der Waals surface area contributed by atoms with E-state index in [0.29, 0.717) is 6.54 Å². The zero-order chi connectivity index (χ0) is 11.7. The van der Waals surface area contributed by atoms with Crippen molar-refractivity contribution in [3.05, 3.63) is 35.9 Å². The minimum Gasteiger partial charge on any atom is -0.497 e. The van der Waals surface area contributed by atoms with Crippen LogP contribution in [0.3, 0.4) is 0 Å². The SMILES string of the molecule is C=C1c2ccc(OC)cc2CCN1C(C)=O. The van der Waals surface area contributed by atoms with Gasteiger partial charge in [0.25, 0.3) is 0 Å². The lowest BCUT2D eigenvalue weighted by Gasteiger charge is -2.30. The second-order valence-electron chi connectivity index (χ2n) is 3.89. The van der Waals surface area contributed by atoms with E-state index in [-0.39, 0.29) is 5.91 Å². The number of carbonyl (C=O) groups is 1. The second kappa shape index (κ2) is 4.00. The van der Waals surface area contributed by atoms with Crippen molar-refractivity contribution in [2.75, 3.05) is 13.7 Å². The number of nitrogens with zero attached hydrogens (tertiary/aromatic N) is 1. The predicted octanol–water partition coefficient (Wildman–Crippen LogP) is 2.07. The first-order chi connectivity index (χ1) is 7.63. The standard InChI is InChI=1S/C13H15NO2/c1-9-13-5-4-12(16-3)8-11(13)6-7-14(9)10(2)15/h4-5,8H,1,6-7H2,2-3H3. The molecule has 1 aromatic rings. The molecule has 1 amide bonds. The quantitative estimate of drug-likeness (QED) is 0.720. The van der Waals surface area contributed by atoms with Crippen molar-refractivity contribution in [3.8, 4) is 5.75 Å². The van der Waals surface area contributed by atoms with Gasteiger partial charge in [-0.05, 0) is 30.2 Å². The third kappa shape index (κ3) is 1.69. The van der Waals surface area contributed by atoms with Gasteiger partial charge in [-0.1, -0.05) is 6.58 Å². The van der Waals surface area contributed by atoms with Crippen LogP contribution in [0.15, 0.2) is 24.8 Å². The van der Waals surface area contributed by atoms with Gasteiger partial charge in [0.05, 0.1) is 7.11 Å². The van der Waals surface area contributed by atoms with Gasteiger partial charge in [0.1, 0.15) is 5.75 Å². The lowest BCUT2D eigenvalue weighted by atomic mass is 9.97. The van der Waals surface area contributed by atoms with Crippen LogP contribution in [0.25, 0.3) is 5.70 Å². The van der Waals surface area contributed by atoms with Gasteiger partial charge in [0.15, 0.2) is 0 Å². The smallest absolute Gasteiger partial charge is 0.223 e. The Morgan fingerprint density at radius 1 is 1.50 bits per heavy atom. The number of amides is 1. The van der Waals surface area contributed by atoms with Crippen LogP contribution >= 0.6 is 0 Å². The summed E-state index contributed by atoms with van der Waals surface area (Å²) in [6, 6.07) is 5.87. The van der Waals surface area contributed by atoms with Crippen LogP contribution in [0, 0.1) is 0 Å². The zero-order valence-electron chi connectivity index (χ0n) is 9.62. The molecule has 0 fully saturated rings. The Bertz CT molecular complexity index is 451. The van der Waals surface area contributed by atoms with Crippen LogP contribution < -0.4 is 4.74 Å². The number of methoxy groups -OCH3 is 1. The van der Waals surface area contributed by atoms with Crippen molar-refractivity contribution >= 4 is 11.6 Å². The molecule has 1 aliphatic heterocycles. The topological polar surface area (TPSA) is 29.5 Å². The van der Waals surface area contributed by atoms with Gasteiger partial charge in [-0.25, -0.2) is 0 Å². The van der Waals surface area contributed by atoms with Gasteiger partial charge in [0, 0.05) is 24.7 Å². The molecule has 0 radical (unpaired) electrons. The van der Waals surface area contributed by atoms with Crippen LogP contribution in [0.1, 0.15) is 18.1 Å². The molecule has 0 spiro atoms. The average Bonchev–Trinajstić information content (AvgIpc) is 2.28. The molecule has 16 heavy (non-hydrogen) atoms. The highest BCUT2D eigenvalue weighted by Crippen LogP contribution is 2.30. The van der Waals surface area contributed by atoms with Crippen molar-refractivity contribution in [1.29, 1.82) is 0 Å². The van der Waals surface area contributed by atoms with Gasteiger partial charge >= 0.3 is 0 Å². The Labute approximate surface area is 95.3 Å². The Hall–Kier alpha value is -1.77. The molecule has 0 bridgehead atoms. The molecule has 2 rings (SSSR count). The molecule has 0 N–H and O–H groups in total. The lowest BCUT2D eigenvalue weighted by molar-refractivity contribution is -0.125. The monoisotopic (exact) mass is 217 g/mol. The molecule has 0 aliphatic carbocycles. The molecule has 84 valence electrons. The maximum Gasteiger partial charge on any atom is 0.223 e. The molecule has 1 aliphatic rings. The number of benzene rings is 1. The molecule has 0 saturated carbocycles. The highest BCUT2D eigenvalue weighted by atomic mass is 16.5. The van der Waals surface area contributed by atoms with E-state index in [1.165, 1.54) is 5.56 Å². The first-order valence-electron chi connectivity index (χ1n) is 5.28. The van der Waals surface area contributed by atoms with Gasteiger partial charge in [-0.3, -0.25) is 4.79 Å². The summed E-state index contributed by atoms with van der Waals surface area (Å²) in [6.45, 7) is 6.25. The molecule has 3 nitrogen and oxygen atoms in total. The van der Waals surface area contributed by atoms with E-state index < -0.39 is 0 Å². The largest absolute Gasteiger partial charge is 0.497 e. The summed E-state index contributed by atoms with van der Waals surface area (Å²) < 4.78 is 5.18. The van der Waals surface area contributed by atoms with Crippen LogP contribution in [-0.4, -0.2) is 24.5 Å². The minimum atomic E-state index is 0.0477. The van der Waals surface area contributed by atoms with E-state index in [2.05, 4.69) is 6.58 Å². The number of rotatable bonds is 1. The van der Waals surface area contributed by atoms with Crippen molar-refractivity contribution in [2.24, 2.45) is 0 Å². The van der Waals surface area contributed by atoms with Crippen molar-refractivity contribution in [1.82, 2.24) is 4.90 Å². The van der Waals surface area contributed by atoms with Gasteiger partial charge in [-0.15, -0.1) is 0 Å². The van der Waals surface area contributed by atoms with E-state index in [4.69, 9.17) is 4.74 Å². The highest BCUT2D eigenvalue weighted by molar-refractivity contribution is 5.86. The van der Waals surface area contributed by atoms with E-state index in [1.807, 2.05) is 18.2 Å². The van der Waals surface area contributed by atoms with Gasteiger partial charge in [-0.2, -0.15) is 0 Å². The van der Waals surface area contributed by atoms with E-state index in [0.717, 1.165) is 23.4 Å². The molecular weight excluding hydrogens is 202 g/mol. The van der Waals surface area contributed by atoms with Gasteiger partial charge < -0.3 is 9.64 Å². The summed E-state index contributed by atoms with van der Waals surface area (Å²) in [7, 11) is 1.65. The summed E-state index contributed by atoms with van der Waals surface area (Å²) in [6.07, 6.45) is 0.852. The molecule has 3 heteroatoms. The first kappa shape index (κ1) is 10.7. The third-order valence-electron chi connectivity index (χ3n) is 2.93. The molecule has 1 heterocycles. The van der Waals surface area contributed by atoms with E-state index in [9.17, 15) is 4.79 Å². The summed E-state index contributed by atoms with van der Waals surface area (Å²) in [4.78, 5) is 13.1. The average molecular weight is 217 g/mol. The van der Waals surface area contributed by atoms with E-state index in [1.54, 1.807) is 18.9 Å². The van der Waals surface area contributed by atoms with Crippen LogP contribution in [0.5, 0.6) is 5.75 Å². The normalized spacial score (nSPS) is 14.6. The van der Waals surface area contributed by atoms with Gasteiger partial charge in [0.2, 0.25) is 5.91 Å². The summed E-state index contributed by atoms with van der Waals surface area (Å²) in [5.41, 5.74) is 3.03. The van der Waals surface area contributed by atoms with Crippen LogP contribution in [0.2, 0.25) is 0 Å². The Morgan fingerprint density at radius 2 is 2.25 bits per heavy atom. The number of hydrogen-bond donors (Lipinski definition) is 0. The number of ether oxygens (including phenoxy) is 1. The van der Waals surface area contributed by atoms with Crippen molar-refractivity contribution in [3.63, 3.8) is 0 Å². The number of carbonyl (C=O) groups excluding carboxylic acids is 1. The fraction of sp³-hybridized carbons (Fsp3) is 0.308. The summed E-state index contributed by atoms with van der Waals surface area (Å²) in [5, 5.41) is 0. The highest BCUT2D eigenvalue weighted by Gasteiger charge is 2.22. The Morgan fingerprint density at radius 3 is 2.88 bits per heavy atom. The second-order valence-corrected chi connectivity index (χ2v) is 3.89. The fourth-order valence-corrected chi connectivity index (χ4v) is 2.05.